The lowest BCUT2D eigenvalue weighted by atomic mass is 9.97. The van der Waals surface area contributed by atoms with Gasteiger partial charge in [0.05, 0.1) is 5.69 Å². The first-order valence-corrected chi connectivity index (χ1v) is 9.72. The fraction of sp³-hybridized carbons (Fsp3) is 0.333. The Morgan fingerprint density at radius 2 is 1.81 bits per heavy atom. The second kappa shape index (κ2) is 6.80. The Hall–Kier alpha value is -2.68. The van der Waals surface area contributed by atoms with Gasteiger partial charge in [0, 0.05) is 28.2 Å². The molecule has 3 heterocycles. The average Bonchev–Trinajstić information content (AvgIpc) is 2.99. The maximum Gasteiger partial charge on any atom is 0.227 e. The first kappa shape index (κ1) is 17.7. The highest BCUT2D eigenvalue weighted by Gasteiger charge is 2.16. The standard InChI is InChI=1S/C24H26N2O/c1-14(2)11-17-9-10-19-18-7-6-8-20(23(18)27-24(19)26-17)22-12-21(15(3)4)16(5)13-25-22/h6-10,12-15H,11H2,1-5H3. The Morgan fingerprint density at radius 3 is 2.56 bits per heavy atom. The molecule has 0 atom stereocenters. The molecule has 0 spiro atoms. The molecule has 0 saturated carbocycles. The van der Waals surface area contributed by atoms with Crippen LogP contribution in [-0.2, 0) is 6.42 Å². The van der Waals surface area contributed by atoms with Gasteiger partial charge in [-0.05, 0) is 60.6 Å². The van der Waals surface area contributed by atoms with Gasteiger partial charge in [-0.1, -0.05) is 39.8 Å². The van der Waals surface area contributed by atoms with E-state index in [1.807, 2.05) is 6.20 Å². The Morgan fingerprint density at radius 1 is 1.00 bits per heavy atom. The second-order valence-corrected chi connectivity index (χ2v) is 8.12. The number of para-hydroxylation sites is 1. The van der Waals surface area contributed by atoms with E-state index in [-0.39, 0.29) is 0 Å². The predicted molar refractivity (Wildman–Crippen MR) is 112 cm³/mol. The van der Waals surface area contributed by atoms with E-state index in [2.05, 4.69) is 76.0 Å². The van der Waals surface area contributed by atoms with E-state index in [0.717, 1.165) is 39.7 Å². The summed E-state index contributed by atoms with van der Waals surface area (Å²) in [5, 5.41) is 2.16. The van der Waals surface area contributed by atoms with E-state index in [1.54, 1.807) is 0 Å². The largest absolute Gasteiger partial charge is 0.437 e. The fourth-order valence-corrected chi connectivity index (χ4v) is 3.76. The highest BCUT2D eigenvalue weighted by molar-refractivity contribution is 6.08. The van der Waals surface area contributed by atoms with Crippen LogP contribution >= 0.6 is 0 Å². The molecule has 3 aromatic heterocycles. The molecule has 0 aliphatic rings. The van der Waals surface area contributed by atoms with E-state index in [4.69, 9.17) is 9.40 Å². The van der Waals surface area contributed by atoms with Crippen LogP contribution in [0, 0.1) is 12.8 Å². The fourth-order valence-electron chi connectivity index (χ4n) is 3.76. The molecule has 0 bridgehead atoms. The molecular formula is C24H26N2O. The minimum absolute atomic E-state index is 0.460. The summed E-state index contributed by atoms with van der Waals surface area (Å²) in [4.78, 5) is 9.45. The van der Waals surface area contributed by atoms with Gasteiger partial charge in [-0.3, -0.25) is 4.98 Å². The minimum atomic E-state index is 0.460. The highest BCUT2D eigenvalue weighted by atomic mass is 16.3. The molecule has 1 aromatic carbocycles. The van der Waals surface area contributed by atoms with Crippen LogP contribution in [0.1, 0.15) is 50.4 Å². The van der Waals surface area contributed by atoms with Crippen molar-refractivity contribution >= 4 is 22.1 Å². The minimum Gasteiger partial charge on any atom is -0.437 e. The summed E-state index contributed by atoms with van der Waals surface area (Å²) < 4.78 is 6.24. The van der Waals surface area contributed by atoms with Gasteiger partial charge in [0.2, 0.25) is 5.71 Å². The number of nitrogens with zero attached hydrogens (tertiary/aromatic N) is 2. The number of hydrogen-bond acceptors (Lipinski definition) is 3. The average molecular weight is 358 g/mol. The Bertz CT molecular complexity index is 1120. The van der Waals surface area contributed by atoms with Crippen molar-refractivity contribution in [1.82, 2.24) is 9.97 Å². The van der Waals surface area contributed by atoms with Gasteiger partial charge in [0.25, 0.3) is 0 Å². The van der Waals surface area contributed by atoms with Crippen LogP contribution in [0.3, 0.4) is 0 Å². The maximum atomic E-state index is 6.24. The van der Waals surface area contributed by atoms with Crippen molar-refractivity contribution in [2.75, 3.05) is 0 Å². The van der Waals surface area contributed by atoms with Gasteiger partial charge in [-0.2, -0.15) is 0 Å². The summed E-state index contributed by atoms with van der Waals surface area (Å²) in [5.74, 6) is 1.03. The Labute approximate surface area is 160 Å². The maximum absolute atomic E-state index is 6.24. The van der Waals surface area contributed by atoms with Crippen LogP contribution in [0.4, 0.5) is 0 Å². The number of benzene rings is 1. The zero-order valence-corrected chi connectivity index (χ0v) is 16.7. The summed E-state index contributed by atoms with van der Waals surface area (Å²) >= 11 is 0. The predicted octanol–water partition coefficient (Wildman–Crippen LogP) is 6.67. The number of hydrogen-bond donors (Lipinski definition) is 0. The lowest BCUT2D eigenvalue weighted by Gasteiger charge is -2.11. The number of aromatic nitrogens is 2. The van der Waals surface area contributed by atoms with Crippen LogP contribution in [0.2, 0.25) is 0 Å². The van der Waals surface area contributed by atoms with E-state index in [0.29, 0.717) is 17.5 Å². The topological polar surface area (TPSA) is 38.9 Å². The molecule has 138 valence electrons. The van der Waals surface area contributed by atoms with Crippen LogP contribution in [0.15, 0.2) is 47.0 Å². The van der Waals surface area contributed by atoms with Crippen molar-refractivity contribution in [3.63, 3.8) is 0 Å². The van der Waals surface area contributed by atoms with Gasteiger partial charge < -0.3 is 4.42 Å². The molecule has 3 heteroatoms. The number of fused-ring (bicyclic) bond motifs is 3. The third kappa shape index (κ3) is 3.23. The van der Waals surface area contributed by atoms with E-state index >= 15 is 0 Å². The van der Waals surface area contributed by atoms with Crippen LogP contribution in [0.5, 0.6) is 0 Å². The van der Waals surface area contributed by atoms with E-state index in [9.17, 15) is 0 Å². The SMILES string of the molecule is Cc1cnc(-c2cccc3c2oc2nc(CC(C)C)ccc23)cc1C(C)C. The van der Waals surface area contributed by atoms with Crippen molar-refractivity contribution in [3.05, 3.63) is 59.4 Å². The molecule has 3 nitrogen and oxygen atoms in total. The van der Waals surface area contributed by atoms with Crippen molar-refractivity contribution in [2.45, 2.75) is 47.0 Å². The lowest BCUT2D eigenvalue weighted by Crippen LogP contribution is -1.96. The molecule has 0 aliphatic carbocycles. The van der Waals surface area contributed by atoms with E-state index < -0.39 is 0 Å². The van der Waals surface area contributed by atoms with Gasteiger partial charge in [-0.25, -0.2) is 4.98 Å². The van der Waals surface area contributed by atoms with Crippen LogP contribution in [-0.4, -0.2) is 9.97 Å². The highest BCUT2D eigenvalue weighted by Crippen LogP contribution is 2.35. The van der Waals surface area contributed by atoms with Gasteiger partial charge >= 0.3 is 0 Å². The normalized spacial score (nSPS) is 12.0. The third-order valence-corrected chi connectivity index (χ3v) is 5.08. The summed E-state index contributed by atoms with van der Waals surface area (Å²) in [6, 6.07) is 12.7. The molecule has 0 N–H and O–H groups in total. The molecule has 0 aliphatic heterocycles. The van der Waals surface area contributed by atoms with E-state index in [1.165, 1.54) is 11.1 Å². The molecule has 0 unspecified atom stereocenters. The quantitative estimate of drug-likeness (QED) is 0.409. The molecule has 0 saturated heterocycles. The second-order valence-electron chi connectivity index (χ2n) is 8.12. The van der Waals surface area contributed by atoms with Crippen molar-refractivity contribution < 1.29 is 4.42 Å². The summed E-state index contributed by atoms with van der Waals surface area (Å²) in [7, 11) is 0. The molecule has 0 radical (unpaired) electrons. The summed E-state index contributed by atoms with van der Waals surface area (Å²) in [6.07, 6.45) is 2.92. The monoisotopic (exact) mass is 358 g/mol. The van der Waals surface area contributed by atoms with Crippen LogP contribution < -0.4 is 0 Å². The van der Waals surface area contributed by atoms with Crippen molar-refractivity contribution in [1.29, 1.82) is 0 Å². The lowest BCUT2D eigenvalue weighted by molar-refractivity contribution is 0.621. The zero-order valence-electron chi connectivity index (χ0n) is 16.7. The molecule has 0 fully saturated rings. The third-order valence-electron chi connectivity index (χ3n) is 5.08. The summed E-state index contributed by atoms with van der Waals surface area (Å²) in [5.41, 5.74) is 7.19. The van der Waals surface area contributed by atoms with Crippen LogP contribution in [0.25, 0.3) is 33.3 Å². The smallest absolute Gasteiger partial charge is 0.227 e. The zero-order chi connectivity index (χ0) is 19.1. The van der Waals surface area contributed by atoms with Crippen molar-refractivity contribution in [3.8, 4) is 11.3 Å². The number of pyridine rings is 2. The van der Waals surface area contributed by atoms with Crippen molar-refractivity contribution in [2.24, 2.45) is 5.92 Å². The number of aryl methyl sites for hydroxylation is 1. The Balaban J connectivity index is 1.90. The van der Waals surface area contributed by atoms with Gasteiger partial charge in [-0.15, -0.1) is 0 Å². The first-order chi connectivity index (χ1) is 12.9. The molecule has 27 heavy (non-hydrogen) atoms. The molecule has 4 rings (SSSR count). The first-order valence-electron chi connectivity index (χ1n) is 9.72. The van der Waals surface area contributed by atoms with Gasteiger partial charge in [0.15, 0.2) is 0 Å². The summed E-state index contributed by atoms with van der Waals surface area (Å²) in [6.45, 7) is 11.0. The number of rotatable bonds is 4. The molecule has 4 aromatic rings. The van der Waals surface area contributed by atoms with Gasteiger partial charge in [0.1, 0.15) is 5.58 Å². The Kier molecular flexibility index (Phi) is 4.47. The molecule has 0 amide bonds. The molecular weight excluding hydrogens is 332 g/mol. The number of furan rings is 1.